The zero-order chi connectivity index (χ0) is 15.1. The Morgan fingerprint density at radius 3 is 2.86 bits per heavy atom. The second-order valence-corrected chi connectivity index (χ2v) is 4.94. The van der Waals surface area contributed by atoms with Crippen molar-refractivity contribution in [2.75, 3.05) is 12.4 Å². The van der Waals surface area contributed by atoms with Gasteiger partial charge in [0.2, 0.25) is 11.8 Å². The van der Waals surface area contributed by atoms with Gasteiger partial charge in [0.25, 0.3) is 0 Å². The summed E-state index contributed by atoms with van der Waals surface area (Å²) < 4.78 is 5.12. The summed E-state index contributed by atoms with van der Waals surface area (Å²) in [7, 11) is 1.57. The average Bonchev–Trinajstić information content (AvgIpc) is 2.51. The molecule has 112 valence electrons. The van der Waals surface area contributed by atoms with E-state index in [1.807, 2.05) is 6.07 Å². The molecule has 1 amide bonds. The first kappa shape index (κ1) is 15.2. The monoisotopic (exact) mass is 287 g/mol. The third-order valence-corrected chi connectivity index (χ3v) is 3.30. The zero-order valence-electron chi connectivity index (χ0n) is 12.6. The van der Waals surface area contributed by atoms with Crippen LogP contribution in [0, 0.1) is 0 Å². The number of hydrogen-bond acceptors (Lipinski definition) is 4. The molecule has 2 rings (SSSR count). The van der Waals surface area contributed by atoms with Gasteiger partial charge in [0.05, 0.1) is 18.3 Å². The molecule has 21 heavy (non-hydrogen) atoms. The molecule has 0 fully saturated rings. The number of anilines is 1. The van der Waals surface area contributed by atoms with Crippen LogP contribution in [0.5, 0.6) is 5.88 Å². The molecule has 0 bridgehead atoms. The number of ether oxygens (including phenoxy) is 1. The Morgan fingerprint density at radius 1 is 1.24 bits per heavy atom. The van der Waals surface area contributed by atoms with Gasteiger partial charge in [0.15, 0.2) is 0 Å². The van der Waals surface area contributed by atoms with Crippen molar-refractivity contribution in [1.82, 2.24) is 9.97 Å². The summed E-state index contributed by atoms with van der Waals surface area (Å²) >= 11 is 0. The number of carbonyl (C=O) groups excluding carboxylic acids is 1. The van der Waals surface area contributed by atoms with E-state index in [4.69, 9.17) is 4.74 Å². The van der Waals surface area contributed by atoms with Crippen LogP contribution in [-0.2, 0) is 4.79 Å². The van der Waals surface area contributed by atoms with E-state index < -0.39 is 0 Å². The minimum atomic E-state index is 0.0169. The van der Waals surface area contributed by atoms with Gasteiger partial charge >= 0.3 is 0 Å². The molecule has 0 saturated heterocycles. The number of unbranched alkanes of at least 4 members (excludes halogenated alkanes) is 3. The smallest absolute Gasteiger partial charge is 0.224 e. The predicted octanol–water partition coefficient (Wildman–Crippen LogP) is 3.55. The first-order chi connectivity index (χ1) is 10.2. The van der Waals surface area contributed by atoms with Gasteiger partial charge in [-0.25, -0.2) is 4.98 Å². The molecule has 2 aromatic rings. The first-order valence-electron chi connectivity index (χ1n) is 7.34. The topological polar surface area (TPSA) is 64.1 Å². The summed E-state index contributed by atoms with van der Waals surface area (Å²) in [6.45, 7) is 2.15. The summed E-state index contributed by atoms with van der Waals surface area (Å²) in [6.07, 6.45) is 6.55. The predicted molar refractivity (Wildman–Crippen MR) is 83.5 cm³/mol. The van der Waals surface area contributed by atoms with Gasteiger partial charge in [-0.2, -0.15) is 0 Å². The lowest BCUT2D eigenvalue weighted by molar-refractivity contribution is -0.116. The van der Waals surface area contributed by atoms with Crippen molar-refractivity contribution in [2.24, 2.45) is 0 Å². The molecule has 0 unspecified atom stereocenters. The van der Waals surface area contributed by atoms with Gasteiger partial charge in [-0.3, -0.25) is 9.78 Å². The third kappa shape index (κ3) is 4.15. The van der Waals surface area contributed by atoms with E-state index in [2.05, 4.69) is 22.2 Å². The maximum Gasteiger partial charge on any atom is 0.224 e. The van der Waals surface area contributed by atoms with Gasteiger partial charge in [-0.05, 0) is 18.6 Å². The zero-order valence-corrected chi connectivity index (χ0v) is 12.6. The van der Waals surface area contributed by atoms with E-state index in [1.165, 1.54) is 12.8 Å². The fraction of sp³-hybridized carbons (Fsp3) is 0.438. The minimum absolute atomic E-state index is 0.0169. The molecule has 1 N–H and O–H groups in total. The summed E-state index contributed by atoms with van der Waals surface area (Å²) in [6, 6.07) is 5.35. The fourth-order valence-electron chi connectivity index (χ4n) is 2.15. The third-order valence-electron chi connectivity index (χ3n) is 3.30. The fourth-order valence-corrected chi connectivity index (χ4v) is 2.15. The molecular weight excluding hydrogens is 266 g/mol. The Labute approximate surface area is 124 Å². The van der Waals surface area contributed by atoms with Crippen molar-refractivity contribution in [3.05, 3.63) is 24.4 Å². The Hall–Kier alpha value is -2.17. The molecule has 0 aliphatic carbocycles. The quantitative estimate of drug-likeness (QED) is 0.791. The Balaban J connectivity index is 2.08. The van der Waals surface area contributed by atoms with Crippen LogP contribution in [0.2, 0.25) is 0 Å². The highest BCUT2D eigenvalue weighted by atomic mass is 16.5. The number of nitrogens with one attached hydrogen (secondary N) is 1. The van der Waals surface area contributed by atoms with E-state index in [-0.39, 0.29) is 5.91 Å². The maximum absolute atomic E-state index is 12.0. The minimum Gasteiger partial charge on any atom is -0.481 e. The summed E-state index contributed by atoms with van der Waals surface area (Å²) in [5.74, 6) is 0.525. The number of methoxy groups -OCH3 is 1. The molecule has 0 aliphatic rings. The standard InChI is InChI=1S/C16H21N3O2/c1-3-4-5-6-7-14(20)18-13-10-11-17-12-8-9-15(21-2)19-16(12)13/h8-11H,3-7H2,1-2H3,(H,17,18,20). The van der Waals surface area contributed by atoms with Gasteiger partial charge in [0.1, 0.15) is 5.52 Å². The van der Waals surface area contributed by atoms with E-state index >= 15 is 0 Å². The lowest BCUT2D eigenvalue weighted by atomic mass is 10.1. The molecule has 0 saturated carbocycles. The van der Waals surface area contributed by atoms with Crippen LogP contribution in [0.15, 0.2) is 24.4 Å². The molecule has 2 heterocycles. The molecular formula is C16H21N3O2. The van der Waals surface area contributed by atoms with E-state index in [0.717, 1.165) is 18.4 Å². The van der Waals surface area contributed by atoms with Crippen molar-refractivity contribution in [3.63, 3.8) is 0 Å². The van der Waals surface area contributed by atoms with Crippen molar-refractivity contribution < 1.29 is 9.53 Å². The molecule has 0 aromatic carbocycles. The van der Waals surface area contributed by atoms with Crippen molar-refractivity contribution in [1.29, 1.82) is 0 Å². The Morgan fingerprint density at radius 2 is 2.10 bits per heavy atom. The number of carbonyl (C=O) groups is 1. The van der Waals surface area contributed by atoms with Crippen LogP contribution in [0.1, 0.15) is 39.0 Å². The number of amides is 1. The molecule has 5 heteroatoms. The van der Waals surface area contributed by atoms with Crippen LogP contribution < -0.4 is 10.1 Å². The number of nitrogens with zero attached hydrogens (tertiary/aromatic N) is 2. The highest BCUT2D eigenvalue weighted by Crippen LogP contribution is 2.22. The number of pyridine rings is 2. The molecule has 0 radical (unpaired) electrons. The first-order valence-corrected chi connectivity index (χ1v) is 7.34. The van der Waals surface area contributed by atoms with Crippen LogP contribution in [0.3, 0.4) is 0 Å². The second kappa shape index (κ2) is 7.57. The van der Waals surface area contributed by atoms with Crippen molar-refractivity contribution >= 4 is 22.6 Å². The lowest BCUT2D eigenvalue weighted by Gasteiger charge is -2.08. The van der Waals surface area contributed by atoms with Crippen LogP contribution in [0.4, 0.5) is 5.69 Å². The van der Waals surface area contributed by atoms with Gasteiger partial charge in [0, 0.05) is 18.7 Å². The van der Waals surface area contributed by atoms with E-state index in [0.29, 0.717) is 23.5 Å². The molecule has 0 aliphatic heterocycles. The largest absolute Gasteiger partial charge is 0.481 e. The van der Waals surface area contributed by atoms with Gasteiger partial charge in [-0.1, -0.05) is 26.2 Å². The van der Waals surface area contributed by atoms with Crippen LogP contribution >= 0.6 is 0 Å². The average molecular weight is 287 g/mol. The Kier molecular flexibility index (Phi) is 5.49. The van der Waals surface area contributed by atoms with Crippen LogP contribution in [-0.4, -0.2) is 23.0 Å². The van der Waals surface area contributed by atoms with Gasteiger partial charge < -0.3 is 10.1 Å². The van der Waals surface area contributed by atoms with Crippen molar-refractivity contribution in [3.8, 4) is 5.88 Å². The second-order valence-electron chi connectivity index (χ2n) is 4.94. The molecule has 5 nitrogen and oxygen atoms in total. The van der Waals surface area contributed by atoms with Gasteiger partial charge in [-0.15, -0.1) is 0 Å². The number of aromatic nitrogens is 2. The molecule has 2 aromatic heterocycles. The van der Waals surface area contributed by atoms with E-state index in [9.17, 15) is 4.79 Å². The maximum atomic E-state index is 12.0. The SMILES string of the molecule is CCCCCCC(=O)Nc1ccnc2ccc(OC)nc12. The van der Waals surface area contributed by atoms with Crippen LogP contribution in [0.25, 0.3) is 11.0 Å². The molecule has 0 spiro atoms. The van der Waals surface area contributed by atoms with Crippen molar-refractivity contribution in [2.45, 2.75) is 39.0 Å². The normalized spacial score (nSPS) is 10.6. The Bertz CT molecular complexity index is 613. The van der Waals surface area contributed by atoms with E-state index in [1.54, 1.807) is 25.4 Å². The number of fused-ring (bicyclic) bond motifs is 1. The number of hydrogen-bond donors (Lipinski definition) is 1. The summed E-state index contributed by atoms with van der Waals surface area (Å²) in [5, 5.41) is 2.92. The lowest BCUT2D eigenvalue weighted by Crippen LogP contribution is -2.12. The number of rotatable bonds is 7. The molecule has 0 atom stereocenters. The summed E-state index contributed by atoms with van der Waals surface area (Å²) in [5.41, 5.74) is 2.07. The summed E-state index contributed by atoms with van der Waals surface area (Å²) in [4.78, 5) is 20.6. The highest BCUT2D eigenvalue weighted by Gasteiger charge is 2.08. The highest BCUT2D eigenvalue weighted by molar-refractivity contribution is 5.99.